The van der Waals surface area contributed by atoms with Crippen LogP contribution in [0.5, 0.6) is 0 Å². The van der Waals surface area contributed by atoms with Crippen LogP contribution in [0.2, 0.25) is 0 Å². The van der Waals surface area contributed by atoms with Crippen molar-refractivity contribution in [2.24, 2.45) is 0 Å². The average molecular weight is 530 g/mol. The lowest BCUT2D eigenvalue weighted by Gasteiger charge is -2.09. The third kappa shape index (κ3) is 4.39. The van der Waals surface area contributed by atoms with E-state index >= 15 is 0 Å². The summed E-state index contributed by atoms with van der Waals surface area (Å²) in [5.74, 6) is -1.01. The minimum absolute atomic E-state index is 0.0268. The van der Waals surface area contributed by atoms with Gasteiger partial charge in [-0.15, -0.1) is 11.3 Å². The van der Waals surface area contributed by atoms with Crippen LogP contribution >= 0.6 is 11.3 Å². The number of nitrogens with zero attached hydrogens (tertiary/aromatic N) is 4. The zero-order valence-corrected chi connectivity index (χ0v) is 20.6. The summed E-state index contributed by atoms with van der Waals surface area (Å²) in [7, 11) is 0. The van der Waals surface area contributed by atoms with Crippen LogP contribution in [0.1, 0.15) is 28.0 Å². The standard InChI is InChI=1S/C28H18F3N5OS/c1-15-2-11-21-24(12-15)38-28(35-21)17-5-9-19(10-6-17)33-27(37)20-14-32-36-23(25(30)31)13-22(34-26(20)36)16-3-7-18(29)8-4-16/h2-14,25H,1H3,(H,33,37). The molecule has 188 valence electrons. The molecule has 0 fully saturated rings. The number of halogens is 3. The molecule has 0 aliphatic rings. The van der Waals surface area contributed by atoms with Gasteiger partial charge in [0.1, 0.15) is 22.1 Å². The van der Waals surface area contributed by atoms with E-state index in [0.717, 1.165) is 25.3 Å². The van der Waals surface area contributed by atoms with E-state index in [4.69, 9.17) is 0 Å². The Balaban J connectivity index is 1.30. The van der Waals surface area contributed by atoms with E-state index in [1.807, 2.05) is 31.2 Å². The molecule has 0 atom stereocenters. The zero-order valence-electron chi connectivity index (χ0n) is 19.8. The van der Waals surface area contributed by atoms with Gasteiger partial charge in [0, 0.05) is 16.8 Å². The highest BCUT2D eigenvalue weighted by molar-refractivity contribution is 7.21. The number of carbonyl (C=O) groups is 1. The molecule has 1 amide bonds. The molecule has 6 nitrogen and oxygen atoms in total. The number of amides is 1. The van der Waals surface area contributed by atoms with E-state index in [9.17, 15) is 18.0 Å². The first-order valence-electron chi connectivity index (χ1n) is 11.6. The number of rotatable bonds is 5. The van der Waals surface area contributed by atoms with Crippen molar-refractivity contribution in [1.29, 1.82) is 0 Å². The van der Waals surface area contributed by atoms with Crippen molar-refractivity contribution in [3.63, 3.8) is 0 Å². The lowest BCUT2D eigenvalue weighted by molar-refractivity contribution is 0.102. The first-order valence-corrected chi connectivity index (χ1v) is 12.4. The van der Waals surface area contributed by atoms with Crippen LogP contribution in [0, 0.1) is 12.7 Å². The Morgan fingerprint density at radius 3 is 2.42 bits per heavy atom. The Bertz CT molecular complexity index is 1810. The number of benzene rings is 3. The molecule has 3 aromatic heterocycles. The average Bonchev–Trinajstić information content (AvgIpc) is 3.53. The SMILES string of the molecule is Cc1ccc2nc(-c3ccc(NC(=O)c4cnn5c(C(F)F)cc(-c6ccc(F)cc6)nc45)cc3)sc2c1. The van der Waals surface area contributed by atoms with Crippen molar-refractivity contribution in [3.8, 4) is 21.8 Å². The monoisotopic (exact) mass is 529 g/mol. The molecular weight excluding hydrogens is 511 g/mol. The molecule has 1 N–H and O–H groups in total. The fraction of sp³-hybridized carbons (Fsp3) is 0.0714. The topological polar surface area (TPSA) is 72.2 Å². The van der Waals surface area contributed by atoms with Crippen LogP contribution in [0.25, 0.3) is 37.7 Å². The second kappa shape index (κ2) is 9.38. The number of thiazole rings is 1. The predicted octanol–water partition coefficient (Wildman–Crippen LogP) is 7.31. The second-order valence-electron chi connectivity index (χ2n) is 8.69. The highest BCUT2D eigenvalue weighted by Gasteiger charge is 2.22. The predicted molar refractivity (Wildman–Crippen MR) is 141 cm³/mol. The van der Waals surface area contributed by atoms with Crippen molar-refractivity contribution in [3.05, 3.63) is 102 Å². The smallest absolute Gasteiger partial charge is 0.280 e. The largest absolute Gasteiger partial charge is 0.322 e. The van der Waals surface area contributed by atoms with E-state index in [-0.39, 0.29) is 16.9 Å². The molecule has 0 saturated carbocycles. The number of anilines is 1. The minimum Gasteiger partial charge on any atom is -0.322 e. The van der Waals surface area contributed by atoms with Gasteiger partial charge in [-0.1, -0.05) is 6.07 Å². The third-order valence-corrected chi connectivity index (χ3v) is 7.11. The van der Waals surface area contributed by atoms with Gasteiger partial charge >= 0.3 is 0 Å². The summed E-state index contributed by atoms with van der Waals surface area (Å²) in [4.78, 5) is 22.2. The molecule has 6 aromatic rings. The van der Waals surface area contributed by atoms with Gasteiger partial charge in [0.15, 0.2) is 5.65 Å². The van der Waals surface area contributed by atoms with Gasteiger partial charge in [-0.25, -0.2) is 27.7 Å². The maximum absolute atomic E-state index is 13.8. The molecule has 6 rings (SSSR count). The lowest BCUT2D eigenvalue weighted by Crippen LogP contribution is -2.12. The van der Waals surface area contributed by atoms with Crippen LogP contribution in [0.4, 0.5) is 18.9 Å². The first kappa shape index (κ1) is 23.8. The number of nitrogens with one attached hydrogen (secondary N) is 1. The molecule has 0 bridgehead atoms. The van der Waals surface area contributed by atoms with Crippen molar-refractivity contribution in [2.45, 2.75) is 13.3 Å². The van der Waals surface area contributed by atoms with E-state index in [0.29, 0.717) is 11.3 Å². The van der Waals surface area contributed by atoms with E-state index in [1.165, 1.54) is 42.1 Å². The first-order chi connectivity index (χ1) is 18.4. The van der Waals surface area contributed by atoms with Crippen molar-refractivity contribution >= 4 is 38.8 Å². The number of hydrogen-bond acceptors (Lipinski definition) is 5. The van der Waals surface area contributed by atoms with Crippen LogP contribution in [0.15, 0.2) is 79.0 Å². The Labute approximate surface area is 218 Å². The quantitative estimate of drug-likeness (QED) is 0.254. The Morgan fingerprint density at radius 1 is 0.947 bits per heavy atom. The van der Waals surface area contributed by atoms with E-state index < -0.39 is 23.8 Å². The highest BCUT2D eigenvalue weighted by Crippen LogP contribution is 2.32. The summed E-state index contributed by atoms with van der Waals surface area (Å²) >= 11 is 1.59. The minimum atomic E-state index is -2.87. The summed E-state index contributed by atoms with van der Waals surface area (Å²) in [5.41, 5.74) is 3.70. The molecule has 0 aliphatic carbocycles. The molecule has 0 saturated heterocycles. The Kier molecular flexibility index (Phi) is 5.88. The molecule has 3 heterocycles. The molecule has 0 unspecified atom stereocenters. The van der Waals surface area contributed by atoms with Gasteiger partial charge in [-0.3, -0.25) is 4.79 Å². The van der Waals surface area contributed by atoms with Crippen LogP contribution in [0.3, 0.4) is 0 Å². The van der Waals surface area contributed by atoms with Gasteiger partial charge < -0.3 is 5.32 Å². The highest BCUT2D eigenvalue weighted by atomic mass is 32.1. The zero-order chi connectivity index (χ0) is 26.4. The number of fused-ring (bicyclic) bond motifs is 2. The summed E-state index contributed by atoms with van der Waals surface area (Å²) in [6, 6.07) is 19.8. The maximum atomic E-state index is 13.8. The van der Waals surface area contributed by atoms with E-state index in [2.05, 4.69) is 26.4 Å². The number of hydrogen-bond donors (Lipinski definition) is 1. The number of aromatic nitrogens is 4. The van der Waals surface area contributed by atoms with Gasteiger partial charge in [-0.2, -0.15) is 5.10 Å². The third-order valence-electron chi connectivity index (χ3n) is 6.04. The normalized spacial score (nSPS) is 11.5. The van der Waals surface area contributed by atoms with Crippen LogP contribution in [-0.2, 0) is 0 Å². The second-order valence-corrected chi connectivity index (χ2v) is 9.72. The van der Waals surface area contributed by atoms with Crippen LogP contribution < -0.4 is 5.32 Å². The molecule has 0 spiro atoms. The van der Waals surface area contributed by atoms with Crippen LogP contribution in [-0.4, -0.2) is 25.5 Å². The maximum Gasteiger partial charge on any atom is 0.280 e. The van der Waals surface area contributed by atoms with Gasteiger partial charge in [0.2, 0.25) is 0 Å². The fourth-order valence-electron chi connectivity index (χ4n) is 4.12. The summed E-state index contributed by atoms with van der Waals surface area (Å²) < 4.78 is 43.1. The molecular formula is C28H18F3N5OS. The molecule has 38 heavy (non-hydrogen) atoms. The van der Waals surface area contributed by atoms with E-state index in [1.54, 1.807) is 23.5 Å². The van der Waals surface area contributed by atoms with Crippen molar-refractivity contribution in [1.82, 2.24) is 19.6 Å². The summed E-state index contributed by atoms with van der Waals surface area (Å²) in [6.45, 7) is 2.04. The van der Waals surface area contributed by atoms with Gasteiger partial charge in [0.05, 0.1) is 22.1 Å². The molecule has 10 heteroatoms. The number of alkyl halides is 2. The van der Waals surface area contributed by atoms with Crippen molar-refractivity contribution in [2.75, 3.05) is 5.32 Å². The Morgan fingerprint density at radius 2 is 1.68 bits per heavy atom. The molecule has 0 radical (unpaired) electrons. The molecule has 3 aromatic carbocycles. The number of aryl methyl sites for hydroxylation is 1. The number of carbonyl (C=O) groups excluding carboxylic acids is 1. The summed E-state index contributed by atoms with van der Waals surface area (Å²) in [6.07, 6.45) is -1.66. The summed E-state index contributed by atoms with van der Waals surface area (Å²) in [5, 5.41) is 7.62. The van der Waals surface area contributed by atoms with Crippen molar-refractivity contribution < 1.29 is 18.0 Å². The lowest BCUT2D eigenvalue weighted by atomic mass is 10.1. The van der Waals surface area contributed by atoms with Gasteiger partial charge in [0.25, 0.3) is 12.3 Å². The molecule has 0 aliphatic heterocycles. The Hall–Kier alpha value is -4.57. The fourth-order valence-corrected chi connectivity index (χ4v) is 5.19. The van der Waals surface area contributed by atoms with Gasteiger partial charge in [-0.05, 0) is 79.2 Å².